The Bertz CT molecular complexity index is 766. The molecule has 1 aromatic carbocycles. The number of nitrogens with one attached hydrogen (secondary N) is 2. The predicted molar refractivity (Wildman–Crippen MR) is 85.2 cm³/mol. The summed E-state index contributed by atoms with van der Waals surface area (Å²) in [6.07, 6.45) is 2.05. The first-order valence-corrected chi connectivity index (χ1v) is 8.89. The Hall–Kier alpha value is -1.93. The minimum absolute atomic E-state index is 0.122. The summed E-state index contributed by atoms with van der Waals surface area (Å²) < 4.78 is 22.9. The Labute approximate surface area is 133 Å². The molecular formula is C13H14ClN5O2S. The maximum atomic E-state index is 11.5. The van der Waals surface area contributed by atoms with E-state index in [0.717, 1.165) is 5.69 Å². The number of aromatic nitrogens is 3. The Kier molecular flexibility index (Phi) is 4.12. The number of anilines is 3. The lowest BCUT2D eigenvalue weighted by Crippen LogP contribution is -2.21. The molecule has 7 nitrogen and oxygen atoms in total. The van der Waals surface area contributed by atoms with E-state index in [4.69, 9.17) is 11.6 Å². The molecule has 0 radical (unpaired) electrons. The summed E-state index contributed by atoms with van der Waals surface area (Å²) in [5, 5.41) is 14.5. The predicted octanol–water partition coefficient (Wildman–Crippen LogP) is 1.87. The summed E-state index contributed by atoms with van der Waals surface area (Å²) in [5.74, 6) is 1.15. The summed E-state index contributed by atoms with van der Waals surface area (Å²) in [6.45, 7) is 0. The zero-order valence-corrected chi connectivity index (χ0v) is 13.1. The van der Waals surface area contributed by atoms with E-state index in [0.29, 0.717) is 23.2 Å². The first kappa shape index (κ1) is 15.0. The van der Waals surface area contributed by atoms with Crippen molar-refractivity contribution in [2.75, 3.05) is 22.1 Å². The van der Waals surface area contributed by atoms with Crippen molar-refractivity contribution in [1.29, 1.82) is 0 Å². The summed E-state index contributed by atoms with van der Waals surface area (Å²) in [5.41, 5.74) is 0.784. The van der Waals surface area contributed by atoms with Gasteiger partial charge in [0.1, 0.15) is 0 Å². The highest BCUT2D eigenvalue weighted by Gasteiger charge is 2.28. The molecule has 1 saturated heterocycles. The van der Waals surface area contributed by atoms with Crippen LogP contribution >= 0.6 is 11.6 Å². The fourth-order valence-corrected chi connectivity index (χ4v) is 4.01. The van der Waals surface area contributed by atoms with Crippen molar-refractivity contribution in [2.24, 2.45) is 0 Å². The molecule has 0 saturated carbocycles. The van der Waals surface area contributed by atoms with Gasteiger partial charge in [0.2, 0.25) is 5.95 Å². The summed E-state index contributed by atoms with van der Waals surface area (Å²) >= 11 is 5.83. The number of sulfone groups is 1. The van der Waals surface area contributed by atoms with Crippen LogP contribution in [0.1, 0.15) is 6.42 Å². The standard InChI is InChI=1S/C13H14ClN5O2S/c14-9-1-3-10(4-2-9)17-13-18-12(7-15-19-13)16-11-5-6-22(20,21)8-11/h1-4,7,11H,5-6,8H2,(H2,16,17,18,19). The van der Waals surface area contributed by atoms with E-state index in [1.165, 1.54) is 6.20 Å². The maximum Gasteiger partial charge on any atom is 0.249 e. The highest BCUT2D eigenvalue weighted by Crippen LogP contribution is 2.18. The number of rotatable bonds is 4. The SMILES string of the molecule is O=S1(=O)CCC(Nc2cnnc(Nc3ccc(Cl)cc3)n2)C1. The molecule has 1 unspecified atom stereocenters. The molecule has 22 heavy (non-hydrogen) atoms. The number of hydrogen-bond donors (Lipinski definition) is 2. The molecule has 0 bridgehead atoms. The second kappa shape index (κ2) is 6.05. The quantitative estimate of drug-likeness (QED) is 0.877. The Morgan fingerprint density at radius 1 is 1.23 bits per heavy atom. The number of halogens is 1. The third-order valence-electron chi connectivity index (χ3n) is 3.24. The third-order valence-corrected chi connectivity index (χ3v) is 5.26. The van der Waals surface area contributed by atoms with Gasteiger partial charge in [-0.05, 0) is 30.7 Å². The molecule has 3 rings (SSSR count). The van der Waals surface area contributed by atoms with Gasteiger partial charge in [0.05, 0.1) is 17.7 Å². The molecule has 1 aliphatic rings. The van der Waals surface area contributed by atoms with Crippen LogP contribution in [0, 0.1) is 0 Å². The van der Waals surface area contributed by atoms with E-state index in [9.17, 15) is 8.42 Å². The van der Waals surface area contributed by atoms with Crippen molar-refractivity contribution in [3.63, 3.8) is 0 Å². The van der Waals surface area contributed by atoms with E-state index in [2.05, 4.69) is 25.8 Å². The van der Waals surface area contributed by atoms with Gasteiger partial charge in [-0.25, -0.2) is 8.42 Å². The lowest BCUT2D eigenvalue weighted by Gasteiger charge is -2.11. The minimum atomic E-state index is -2.93. The lowest BCUT2D eigenvalue weighted by atomic mass is 10.3. The van der Waals surface area contributed by atoms with Gasteiger partial charge in [-0.2, -0.15) is 10.1 Å². The zero-order chi connectivity index (χ0) is 15.6. The van der Waals surface area contributed by atoms with Crippen molar-refractivity contribution in [1.82, 2.24) is 15.2 Å². The molecule has 1 atom stereocenters. The highest BCUT2D eigenvalue weighted by molar-refractivity contribution is 7.91. The van der Waals surface area contributed by atoms with Crippen LogP contribution in [0.5, 0.6) is 0 Å². The molecule has 2 N–H and O–H groups in total. The molecule has 1 aromatic heterocycles. The van der Waals surface area contributed by atoms with Gasteiger partial charge < -0.3 is 10.6 Å². The summed E-state index contributed by atoms with van der Waals surface area (Å²) in [6, 6.07) is 6.97. The van der Waals surface area contributed by atoms with Crippen LogP contribution in [-0.2, 0) is 9.84 Å². The third kappa shape index (κ3) is 3.83. The molecule has 1 fully saturated rings. The average Bonchev–Trinajstić information content (AvgIpc) is 2.81. The van der Waals surface area contributed by atoms with Crippen LogP contribution in [0.25, 0.3) is 0 Å². The molecule has 116 valence electrons. The fourth-order valence-electron chi connectivity index (χ4n) is 2.21. The molecule has 0 aliphatic carbocycles. The Morgan fingerprint density at radius 2 is 2.00 bits per heavy atom. The zero-order valence-electron chi connectivity index (χ0n) is 11.5. The second-order valence-corrected chi connectivity index (χ2v) is 7.71. The van der Waals surface area contributed by atoms with Crippen LogP contribution in [0.2, 0.25) is 5.02 Å². The first-order chi connectivity index (χ1) is 10.5. The minimum Gasteiger partial charge on any atom is -0.365 e. The topological polar surface area (TPSA) is 96.9 Å². The first-order valence-electron chi connectivity index (χ1n) is 6.69. The van der Waals surface area contributed by atoms with Crippen LogP contribution in [0.3, 0.4) is 0 Å². The van der Waals surface area contributed by atoms with E-state index in [1.807, 2.05) is 0 Å². The van der Waals surface area contributed by atoms with Gasteiger partial charge in [-0.3, -0.25) is 0 Å². The van der Waals surface area contributed by atoms with E-state index < -0.39 is 9.84 Å². The lowest BCUT2D eigenvalue weighted by molar-refractivity contribution is 0.602. The number of nitrogens with zero attached hydrogens (tertiary/aromatic N) is 3. The second-order valence-electron chi connectivity index (χ2n) is 5.04. The van der Waals surface area contributed by atoms with E-state index >= 15 is 0 Å². The van der Waals surface area contributed by atoms with Gasteiger partial charge >= 0.3 is 0 Å². The number of hydrogen-bond acceptors (Lipinski definition) is 7. The average molecular weight is 340 g/mol. The largest absolute Gasteiger partial charge is 0.365 e. The molecule has 9 heteroatoms. The van der Waals surface area contributed by atoms with Crippen molar-refractivity contribution in [2.45, 2.75) is 12.5 Å². The Balaban J connectivity index is 1.68. The molecular weight excluding hydrogens is 326 g/mol. The van der Waals surface area contributed by atoms with Crippen molar-refractivity contribution < 1.29 is 8.42 Å². The molecule has 1 aliphatic heterocycles. The smallest absolute Gasteiger partial charge is 0.249 e. The summed E-state index contributed by atoms with van der Waals surface area (Å²) in [4.78, 5) is 4.28. The van der Waals surface area contributed by atoms with Gasteiger partial charge in [0, 0.05) is 16.8 Å². The summed E-state index contributed by atoms with van der Waals surface area (Å²) in [7, 11) is -2.93. The normalized spacial score (nSPS) is 19.8. The van der Waals surface area contributed by atoms with Crippen molar-refractivity contribution >= 4 is 38.9 Å². The fraction of sp³-hybridized carbons (Fsp3) is 0.308. The van der Waals surface area contributed by atoms with Crippen molar-refractivity contribution in [3.8, 4) is 0 Å². The molecule has 2 aromatic rings. The maximum absolute atomic E-state index is 11.5. The van der Waals surface area contributed by atoms with Crippen LogP contribution in [0.4, 0.5) is 17.5 Å². The van der Waals surface area contributed by atoms with Gasteiger partial charge in [-0.15, -0.1) is 5.10 Å². The van der Waals surface area contributed by atoms with Gasteiger partial charge in [-0.1, -0.05) is 11.6 Å². The van der Waals surface area contributed by atoms with Crippen molar-refractivity contribution in [3.05, 3.63) is 35.5 Å². The molecule has 0 amide bonds. The van der Waals surface area contributed by atoms with Crippen LogP contribution in [-0.4, -0.2) is 41.1 Å². The van der Waals surface area contributed by atoms with E-state index in [-0.39, 0.29) is 17.5 Å². The molecule has 2 heterocycles. The van der Waals surface area contributed by atoms with Gasteiger partial charge in [0.25, 0.3) is 0 Å². The van der Waals surface area contributed by atoms with Gasteiger partial charge in [0.15, 0.2) is 15.7 Å². The van der Waals surface area contributed by atoms with Crippen LogP contribution < -0.4 is 10.6 Å². The highest BCUT2D eigenvalue weighted by atomic mass is 35.5. The van der Waals surface area contributed by atoms with Crippen LogP contribution in [0.15, 0.2) is 30.5 Å². The number of benzene rings is 1. The molecule has 0 spiro atoms. The Morgan fingerprint density at radius 3 is 2.68 bits per heavy atom. The monoisotopic (exact) mass is 339 g/mol. The van der Waals surface area contributed by atoms with E-state index in [1.54, 1.807) is 24.3 Å².